The highest BCUT2D eigenvalue weighted by Gasteiger charge is 2.51. The number of hydrogen-bond acceptors (Lipinski definition) is 3. The SMILES string of the molecule is CCOC(=O)[C@H]1CCC2(CC2)C[C@@H]1C(N)=O. The monoisotopic (exact) mass is 225 g/mol. The van der Waals surface area contributed by atoms with Crippen molar-refractivity contribution in [1.82, 2.24) is 0 Å². The Hall–Kier alpha value is -1.06. The maximum Gasteiger partial charge on any atom is 0.309 e. The first-order chi connectivity index (χ1) is 7.58. The van der Waals surface area contributed by atoms with Gasteiger partial charge in [0.2, 0.25) is 5.91 Å². The topological polar surface area (TPSA) is 69.4 Å². The summed E-state index contributed by atoms with van der Waals surface area (Å²) in [5.41, 5.74) is 5.73. The molecule has 2 aliphatic rings. The van der Waals surface area contributed by atoms with Crippen LogP contribution in [0, 0.1) is 17.3 Å². The quantitative estimate of drug-likeness (QED) is 0.734. The molecule has 2 aliphatic carbocycles. The molecular weight excluding hydrogens is 206 g/mol. The Morgan fingerprint density at radius 2 is 2.00 bits per heavy atom. The van der Waals surface area contributed by atoms with E-state index in [9.17, 15) is 9.59 Å². The molecule has 0 aliphatic heterocycles. The van der Waals surface area contributed by atoms with E-state index in [1.165, 1.54) is 12.8 Å². The van der Waals surface area contributed by atoms with Gasteiger partial charge in [0.05, 0.1) is 18.4 Å². The lowest BCUT2D eigenvalue weighted by molar-refractivity contribution is -0.154. The molecule has 90 valence electrons. The van der Waals surface area contributed by atoms with E-state index in [0.29, 0.717) is 12.0 Å². The molecule has 16 heavy (non-hydrogen) atoms. The fourth-order valence-electron chi connectivity index (χ4n) is 2.83. The predicted molar refractivity (Wildman–Crippen MR) is 58.3 cm³/mol. The van der Waals surface area contributed by atoms with Crippen molar-refractivity contribution in [3.8, 4) is 0 Å². The second kappa shape index (κ2) is 4.07. The molecule has 2 atom stereocenters. The Morgan fingerprint density at radius 3 is 2.50 bits per heavy atom. The Balaban J connectivity index is 2.05. The fraction of sp³-hybridized carbons (Fsp3) is 0.833. The average molecular weight is 225 g/mol. The second-order valence-electron chi connectivity index (χ2n) is 5.11. The molecule has 2 rings (SSSR count). The summed E-state index contributed by atoms with van der Waals surface area (Å²) in [5, 5.41) is 0. The van der Waals surface area contributed by atoms with Crippen LogP contribution in [0.2, 0.25) is 0 Å². The van der Waals surface area contributed by atoms with Gasteiger partial charge < -0.3 is 10.5 Å². The number of primary amides is 1. The Kier molecular flexibility index (Phi) is 2.91. The van der Waals surface area contributed by atoms with Gasteiger partial charge in [0.25, 0.3) is 0 Å². The van der Waals surface area contributed by atoms with Gasteiger partial charge in [-0.05, 0) is 44.4 Å². The van der Waals surface area contributed by atoms with Crippen molar-refractivity contribution in [3.63, 3.8) is 0 Å². The first kappa shape index (κ1) is 11.4. The van der Waals surface area contributed by atoms with Crippen LogP contribution in [-0.4, -0.2) is 18.5 Å². The normalized spacial score (nSPS) is 31.1. The van der Waals surface area contributed by atoms with Crippen molar-refractivity contribution in [2.45, 2.75) is 39.0 Å². The third kappa shape index (κ3) is 2.06. The summed E-state index contributed by atoms with van der Waals surface area (Å²) in [6.07, 6.45) is 4.96. The maximum atomic E-state index is 11.7. The van der Waals surface area contributed by atoms with Gasteiger partial charge in [-0.3, -0.25) is 9.59 Å². The molecule has 0 aromatic heterocycles. The highest BCUT2D eigenvalue weighted by atomic mass is 16.5. The van der Waals surface area contributed by atoms with Gasteiger partial charge in [0.1, 0.15) is 0 Å². The standard InChI is InChI=1S/C12H19NO3/c1-2-16-11(15)8-3-4-12(5-6-12)7-9(8)10(13)14/h8-9H,2-7H2,1H3,(H2,13,14)/t8-,9-/m0/s1. The number of hydrogen-bond donors (Lipinski definition) is 1. The van der Waals surface area contributed by atoms with E-state index in [1.54, 1.807) is 6.92 Å². The third-order valence-electron chi connectivity index (χ3n) is 4.04. The van der Waals surface area contributed by atoms with E-state index in [-0.39, 0.29) is 23.7 Å². The lowest BCUT2D eigenvalue weighted by Gasteiger charge is -2.33. The van der Waals surface area contributed by atoms with Gasteiger partial charge >= 0.3 is 5.97 Å². The van der Waals surface area contributed by atoms with E-state index in [1.807, 2.05) is 0 Å². The van der Waals surface area contributed by atoms with Gasteiger partial charge in [-0.1, -0.05) is 0 Å². The molecular formula is C12H19NO3. The average Bonchev–Trinajstić information content (AvgIpc) is 2.98. The van der Waals surface area contributed by atoms with Crippen molar-refractivity contribution in [1.29, 1.82) is 0 Å². The van der Waals surface area contributed by atoms with E-state index in [2.05, 4.69) is 0 Å². The predicted octanol–water partition coefficient (Wildman–Crippen LogP) is 1.23. The van der Waals surface area contributed by atoms with Crippen molar-refractivity contribution < 1.29 is 14.3 Å². The van der Waals surface area contributed by atoms with Gasteiger partial charge in [0.15, 0.2) is 0 Å². The molecule has 0 saturated heterocycles. The van der Waals surface area contributed by atoms with Crippen LogP contribution < -0.4 is 5.73 Å². The van der Waals surface area contributed by atoms with Gasteiger partial charge in [-0.25, -0.2) is 0 Å². The van der Waals surface area contributed by atoms with Crippen molar-refractivity contribution in [2.75, 3.05) is 6.61 Å². The molecule has 0 aromatic carbocycles. The molecule has 4 heteroatoms. The number of ether oxygens (including phenoxy) is 1. The summed E-state index contributed by atoms with van der Waals surface area (Å²) in [4.78, 5) is 23.1. The molecule has 0 radical (unpaired) electrons. The molecule has 1 spiro atoms. The van der Waals surface area contributed by atoms with E-state index < -0.39 is 0 Å². The number of esters is 1. The molecule has 2 fully saturated rings. The zero-order valence-electron chi connectivity index (χ0n) is 9.70. The molecule has 1 amide bonds. The highest BCUT2D eigenvalue weighted by Crippen LogP contribution is 2.58. The van der Waals surface area contributed by atoms with E-state index in [4.69, 9.17) is 10.5 Å². The number of carbonyl (C=O) groups excluding carboxylic acids is 2. The van der Waals surface area contributed by atoms with Crippen LogP contribution >= 0.6 is 0 Å². The molecule has 0 unspecified atom stereocenters. The number of rotatable bonds is 3. The van der Waals surface area contributed by atoms with Crippen molar-refractivity contribution in [3.05, 3.63) is 0 Å². The summed E-state index contributed by atoms with van der Waals surface area (Å²) in [5.74, 6) is -1.20. The summed E-state index contributed by atoms with van der Waals surface area (Å²) in [7, 11) is 0. The van der Waals surface area contributed by atoms with E-state index >= 15 is 0 Å². The Bertz CT molecular complexity index is 309. The molecule has 2 saturated carbocycles. The third-order valence-corrected chi connectivity index (χ3v) is 4.04. The van der Waals surface area contributed by atoms with Crippen molar-refractivity contribution >= 4 is 11.9 Å². The minimum absolute atomic E-state index is 0.248. The largest absolute Gasteiger partial charge is 0.466 e. The van der Waals surface area contributed by atoms with Crippen LogP contribution in [-0.2, 0) is 14.3 Å². The summed E-state index contributed by atoms with van der Waals surface area (Å²) < 4.78 is 5.00. The van der Waals surface area contributed by atoms with Crippen LogP contribution in [0.1, 0.15) is 39.0 Å². The van der Waals surface area contributed by atoms with Crippen LogP contribution in [0.5, 0.6) is 0 Å². The Labute approximate surface area is 95.5 Å². The zero-order chi connectivity index (χ0) is 11.8. The van der Waals surface area contributed by atoms with Crippen molar-refractivity contribution in [2.24, 2.45) is 23.0 Å². The van der Waals surface area contributed by atoms with E-state index in [0.717, 1.165) is 19.3 Å². The minimum atomic E-state index is -0.343. The smallest absolute Gasteiger partial charge is 0.309 e. The lowest BCUT2D eigenvalue weighted by atomic mass is 9.72. The van der Waals surface area contributed by atoms with Gasteiger partial charge in [-0.15, -0.1) is 0 Å². The fourth-order valence-corrected chi connectivity index (χ4v) is 2.83. The molecule has 4 nitrogen and oxygen atoms in total. The van der Waals surface area contributed by atoms with Crippen LogP contribution in [0.15, 0.2) is 0 Å². The number of nitrogens with two attached hydrogens (primary N) is 1. The van der Waals surface area contributed by atoms with Crippen LogP contribution in [0.4, 0.5) is 0 Å². The Morgan fingerprint density at radius 1 is 1.31 bits per heavy atom. The van der Waals surface area contributed by atoms with Gasteiger partial charge in [0, 0.05) is 0 Å². The molecule has 0 bridgehead atoms. The molecule has 0 aromatic rings. The van der Waals surface area contributed by atoms with Crippen LogP contribution in [0.25, 0.3) is 0 Å². The number of carbonyl (C=O) groups is 2. The first-order valence-corrected chi connectivity index (χ1v) is 6.04. The summed E-state index contributed by atoms with van der Waals surface area (Å²) >= 11 is 0. The second-order valence-corrected chi connectivity index (χ2v) is 5.11. The number of amides is 1. The summed E-state index contributed by atoms with van der Waals surface area (Å²) in [6, 6.07) is 0. The first-order valence-electron chi connectivity index (χ1n) is 6.04. The molecule has 2 N–H and O–H groups in total. The lowest BCUT2D eigenvalue weighted by Crippen LogP contribution is -2.40. The zero-order valence-corrected chi connectivity index (χ0v) is 9.70. The summed E-state index contributed by atoms with van der Waals surface area (Å²) in [6.45, 7) is 2.15. The highest BCUT2D eigenvalue weighted by molar-refractivity contribution is 5.84. The minimum Gasteiger partial charge on any atom is -0.466 e. The maximum absolute atomic E-state index is 11.7. The van der Waals surface area contributed by atoms with Crippen LogP contribution in [0.3, 0.4) is 0 Å². The molecule has 0 heterocycles. The van der Waals surface area contributed by atoms with Gasteiger partial charge in [-0.2, -0.15) is 0 Å².